The Kier molecular flexibility index (Phi) is 6.47. The molecule has 2 amide bonds. The Labute approximate surface area is 163 Å². The van der Waals surface area contributed by atoms with Crippen LogP contribution in [0.1, 0.15) is 6.92 Å². The highest BCUT2D eigenvalue weighted by Crippen LogP contribution is 2.17. The summed E-state index contributed by atoms with van der Waals surface area (Å²) in [7, 11) is 0. The molecule has 1 fully saturated rings. The predicted octanol–water partition coefficient (Wildman–Crippen LogP) is 2.06. The molecule has 0 saturated carbocycles. The monoisotopic (exact) mass is 385 g/mol. The molecule has 1 saturated heterocycles. The molecule has 2 aromatic rings. The van der Waals surface area contributed by atoms with Crippen LogP contribution in [0.25, 0.3) is 0 Å². The maximum Gasteiger partial charge on any atom is 0.258 e. The third-order valence-corrected chi connectivity index (χ3v) is 4.64. The minimum absolute atomic E-state index is 0.119. The first-order valence-electron chi connectivity index (χ1n) is 9.29. The number of nitrogens with one attached hydrogen (secondary N) is 1. The second-order valence-electron chi connectivity index (χ2n) is 6.68. The van der Waals surface area contributed by atoms with Crippen LogP contribution in [0.3, 0.4) is 0 Å². The van der Waals surface area contributed by atoms with E-state index in [0.29, 0.717) is 31.9 Å². The number of amides is 2. The standard InChI is InChI=1S/C21H24FN3O3/c1-16(23-20(26)15-28-19-5-3-2-4-6-19)21(27)25-13-11-24(12-14-25)18-9-7-17(22)8-10-18/h2-10,16H,11-15H2,1H3,(H,23,26)/t16-/m0/s1. The van der Waals surface area contributed by atoms with Crippen LogP contribution in [-0.4, -0.2) is 55.5 Å². The number of halogens is 1. The maximum absolute atomic E-state index is 13.1. The molecule has 7 heteroatoms. The van der Waals surface area contributed by atoms with Gasteiger partial charge in [0.2, 0.25) is 5.91 Å². The third kappa shape index (κ3) is 5.22. The lowest BCUT2D eigenvalue weighted by Crippen LogP contribution is -2.54. The Balaban J connectivity index is 1.43. The molecule has 6 nitrogen and oxygen atoms in total. The number of piperazine rings is 1. The number of ether oxygens (including phenoxy) is 1. The van der Waals surface area contributed by atoms with E-state index < -0.39 is 6.04 Å². The average Bonchev–Trinajstić information content (AvgIpc) is 2.73. The minimum atomic E-state index is -0.621. The van der Waals surface area contributed by atoms with Gasteiger partial charge in [0.1, 0.15) is 17.6 Å². The maximum atomic E-state index is 13.1. The molecular formula is C21H24FN3O3. The van der Waals surface area contributed by atoms with Crippen molar-refractivity contribution < 1.29 is 18.7 Å². The number of anilines is 1. The first kappa shape index (κ1) is 19.7. The van der Waals surface area contributed by atoms with Crippen molar-refractivity contribution in [3.63, 3.8) is 0 Å². The molecular weight excluding hydrogens is 361 g/mol. The first-order chi connectivity index (χ1) is 13.5. The summed E-state index contributed by atoms with van der Waals surface area (Å²) in [6.45, 7) is 3.97. The molecule has 28 heavy (non-hydrogen) atoms. The summed E-state index contributed by atoms with van der Waals surface area (Å²) in [6, 6.07) is 14.8. The van der Waals surface area contributed by atoms with Gasteiger partial charge < -0.3 is 19.9 Å². The van der Waals surface area contributed by atoms with Crippen LogP contribution in [-0.2, 0) is 9.59 Å². The number of benzene rings is 2. The highest BCUT2D eigenvalue weighted by Gasteiger charge is 2.26. The van der Waals surface area contributed by atoms with Crippen LogP contribution < -0.4 is 15.0 Å². The number of rotatable bonds is 6. The number of hydrogen-bond acceptors (Lipinski definition) is 4. The summed E-state index contributed by atoms with van der Waals surface area (Å²) in [5.74, 6) is -0.117. The fourth-order valence-corrected chi connectivity index (χ4v) is 3.12. The van der Waals surface area contributed by atoms with Gasteiger partial charge in [-0.1, -0.05) is 18.2 Å². The van der Waals surface area contributed by atoms with Crippen molar-refractivity contribution in [3.8, 4) is 5.75 Å². The predicted molar refractivity (Wildman–Crippen MR) is 105 cm³/mol. The van der Waals surface area contributed by atoms with Crippen LogP contribution in [0.15, 0.2) is 54.6 Å². The summed E-state index contributed by atoms with van der Waals surface area (Å²) in [4.78, 5) is 28.5. The number of carbonyl (C=O) groups excluding carboxylic acids is 2. The molecule has 2 aromatic carbocycles. The van der Waals surface area contributed by atoms with Crippen LogP contribution in [0.4, 0.5) is 10.1 Å². The van der Waals surface area contributed by atoms with Gasteiger partial charge in [-0.25, -0.2) is 4.39 Å². The van der Waals surface area contributed by atoms with Gasteiger partial charge in [-0.05, 0) is 43.3 Å². The highest BCUT2D eigenvalue weighted by molar-refractivity contribution is 5.88. The third-order valence-electron chi connectivity index (χ3n) is 4.64. The average molecular weight is 385 g/mol. The lowest BCUT2D eigenvalue weighted by atomic mass is 10.2. The van der Waals surface area contributed by atoms with Crippen molar-refractivity contribution in [1.82, 2.24) is 10.2 Å². The van der Waals surface area contributed by atoms with Crippen molar-refractivity contribution in [2.24, 2.45) is 0 Å². The van der Waals surface area contributed by atoms with E-state index in [1.165, 1.54) is 12.1 Å². The number of para-hydroxylation sites is 1. The largest absolute Gasteiger partial charge is 0.484 e. The molecule has 1 aliphatic rings. The van der Waals surface area contributed by atoms with Crippen molar-refractivity contribution in [3.05, 3.63) is 60.4 Å². The summed E-state index contributed by atoms with van der Waals surface area (Å²) >= 11 is 0. The Hall–Kier alpha value is -3.09. The fourth-order valence-electron chi connectivity index (χ4n) is 3.12. The van der Waals surface area contributed by atoms with Crippen molar-refractivity contribution in [2.45, 2.75) is 13.0 Å². The molecule has 1 aliphatic heterocycles. The molecule has 0 aromatic heterocycles. The SMILES string of the molecule is C[C@H](NC(=O)COc1ccccc1)C(=O)N1CCN(c2ccc(F)cc2)CC1. The zero-order valence-corrected chi connectivity index (χ0v) is 15.8. The van der Waals surface area contributed by atoms with E-state index in [0.717, 1.165) is 5.69 Å². The van der Waals surface area contributed by atoms with E-state index in [1.807, 2.05) is 18.2 Å². The zero-order valence-electron chi connectivity index (χ0n) is 15.8. The summed E-state index contributed by atoms with van der Waals surface area (Å²) in [6.07, 6.45) is 0. The zero-order chi connectivity index (χ0) is 19.9. The van der Waals surface area contributed by atoms with Gasteiger partial charge in [-0.2, -0.15) is 0 Å². The second kappa shape index (κ2) is 9.21. The Morgan fingerprint density at radius 1 is 1.04 bits per heavy atom. The molecule has 0 aliphatic carbocycles. The molecule has 0 spiro atoms. The molecule has 148 valence electrons. The first-order valence-corrected chi connectivity index (χ1v) is 9.29. The Morgan fingerprint density at radius 2 is 1.68 bits per heavy atom. The molecule has 0 radical (unpaired) electrons. The van der Waals surface area contributed by atoms with E-state index in [2.05, 4.69) is 10.2 Å². The van der Waals surface area contributed by atoms with Crippen molar-refractivity contribution in [1.29, 1.82) is 0 Å². The van der Waals surface area contributed by atoms with E-state index in [1.54, 1.807) is 36.1 Å². The fraction of sp³-hybridized carbons (Fsp3) is 0.333. The number of hydrogen-bond donors (Lipinski definition) is 1. The van der Waals surface area contributed by atoms with E-state index in [9.17, 15) is 14.0 Å². The van der Waals surface area contributed by atoms with Crippen LogP contribution >= 0.6 is 0 Å². The van der Waals surface area contributed by atoms with Gasteiger partial charge in [-0.3, -0.25) is 9.59 Å². The Bertz CT molecular complexity index is 790. The quantitative estimate of drug-likeness (QED) is 0.827. The van der Waals surface area contributed by atoms with Crippen molar-refractivity contribution in [2.75, 3.05) is 37.7 Å². The summed E-state index contributed by atoms with van der Waals surface area (Å²) in [5, 5.41) is 2.69. The Morgan fingerprint density at radius 3 is 2.32 bits per heavy atom. The molecule has 1 atom stereocenters. The smallest absolute Gasteiger partial charge is 0.258 e. The van der Waals surface area contributed by atoms with Gasteiger partial charge in [0.25, 0.3) is 5.91 Å². The number of carbonyl (C=O) groups is 2. The van der Waals surface area contributed by atoms with Crippen LogP contribution in [0.2, 0.25) is 0 Å². The number of nitrogens with zero attached hydrogens (tertiary/aromatic N) is 2. The molecule has 3 rings (SSSR count). The van der Waals surface area contributed by atoms with Gasteiger partial charge in [0.05, 0.1) is 0 Å². The van der Waals surface area contributed by atoms with Crippen LogP contribution in [0.5, 0.6) is 5.75 Å². The topological polar surface area (TPSA) is 61.9 Å². The van der Waals surface area contributed by atoms with E-state index in [-0.39, 0.29) is 24.2 Å². The second-order valence-corrected chi connectivity index (χ2v) is 6.68. The molecule has 0 unspecified atom stereocenters. The molecule has 1 N–H and O–H groups in total. The normalized spacial score (nSPS) is 15.1. The van der Waals surface area contributed by atoms with Gasteiger partial charge >= 0.3 is 0 Å². The van der Waals surface area contributed by atoms with Crippen LogP contribution in [0, 0.1) is 5.82 Å². The summed E-state index contributed by atoms with van der Waals surface area (Å²) < 4.78 is 18.4. The lowest BCUT2D eigenvalue weighted by Gasteiger charge is -2.37. The van der Waals surface area contributed by atoms with Gasteiger partial charge in [0, 0.05) is 31.9 Å². The van der Waals surface area contributed by atoms with Gasteiger partial charge in [-0.15, -0.1) is 0 Å². The van der Waals surface area contributed by atoms with Crippen molar-refractivity contribution >= 4 is 17.5 Å². The van der Waals surface area contributed by atoms with Gasteiger partial charge in [0.15, 0.2) is 6.61 Å². The van der Waals surface area contributed by atoms with E-state index >= 15 is 0 Å². The lowest BCUT2D eigenvalue weighted by molar-refractivity contribution is -0.136. The highest BCUT2D eigenvalue weighted by atomic mass is 19.1. The molecule has 0 bridgehead atoms. The summed E-state index contributed by atoms with van der Waals surface area (Å²) in [5.41, 5.74) is 0.938. The van der Waals surface area contributed by atoms with E-state index in [4.69, 9.17) is 4.74 Å². The molecule has 1 heterocycles. The minimum Gasteiger partial charge on any atom is -0.484 e.